The molecule has 0 bridgehead atoms. The van der Waals surface area contributed by atoms with Crippen LogP contribution in [0.3, 0.4) is 0 Å². The van der Waals surface area contributed by atoms with Gasteiger partial charge < -0.3 is 4.98 Å². The van der Waals surface area contributed by atoms with Crippen LogP contribution in [0.15, 0.2) is 24.4 Å². The van der Waals surface area contributed by atoms with E-state index in [1.54, 1.807) is 26.1 Å². The Morgan fingerprint density at radius 3 is 2.50 bits per heavy atom. The zero-order chi connectivity index (χ0) is 19.2. The average Bonchev–Trinajstić information content (AvgIpc) is 2.43. The van der Waals surface area contributed by atoms with Crippen LogP contribution in [0.4, 0.5) is 4.39 Å². The van der Waals surface area contributed by atoms with Crippen molar-refractivity contribution in [2.24, 2.45) is 0 Å². The van der Waals surface area contributed by atoms with Crippen LogP contribution in [0.2, 0.25) is 19.6 Å². The summed E-state index contributed by atoms with van der Waals surface area (Å²) in [6, 6.07) is 6.75. The summed E-state index contributed by atoms with van der Waals surface area (Å²) < 4.78 is 45.0. The summed E-state index contributed by atoms with van der Waals surface area (Å²) in [7, 11) is -1.72. The molecule has 1 heterocycles. The zero-order valence-electron chi connectivity index (χ0n) is 17.5. The van der Waals surface area contributed by atoms with E-state index in [1.807, 2.05) is 0 Å². The summed E-state index contributed by atoms with van der Waals surface area (Å²) in [5.74, 6) is -1.52. The van der Waals surface area contributed by atoms with Crippen molar-refractivity contribution >= 4 is 13.3 Å². The quantitative estimate of drug-likeness (QED) is 0.445. The minimum atomic E-state index is -2.38. The van der Waals surface area contributed by atoms with Gasteiger partial charge in [0.2, 0.25) is 0 Å². The van der Waals surface area contributed by atoms with Gasteiger partial charge in [-0.15, -0.1) is 23.8 Å². The first-order valence-corrected chi connectivity index (χ1v) is 10.4. The number of aromatic nitrogens is 1. The van der Waals surface area contributed by atoms with E-state index in [0.717, 1.165) is 16.8 Å². The minimum Gasteiger partial charge on any atom is -0.305 e. The third-order valence-electron chi connectivity index (χ3n) is 3.40. The number of nitrogens with zero attached hydrogens (tertiary/aromatic N) is 1. The second-order valence-corrected chi connectivity index (χ2v) is 11.5. The number of hydrogen-bond donors (Lipinski definition) is 0. The van der Waals surface area contributed by atoms with Crippen LogP contribution in [0.1, 0.15) is 36.4 Å². The summed E-state index contributed by atoms with van der Waals surface area (Å²) in [6.07, 6.45) is 1.73. The molecule has 2 aromatic rings. The van der Waals surface area contributed by atoms with Crippen molar-refractivity contribution in [3.05, 3.63) is 47.4 Å². The van der Waals surface area contributed by atoms with Gasteiger partial charge in [-0.05, 0) is 16.8 Å². The Labute approximate surface area is 153 Å². The molecule has 0 aliphatic heterocycles. The number of pyridine rings is 1. The minimum absolute atomic E-state index is 0. The SMILES string of the molecule is [2H]C([2H])([2H])c1c[c-]c(-c2cc(C([2H])(C)C)c([Si](C)(C)C)cn2)c(F)c1.[Ir]. The van der Waals surface area contributed by atoms with E-state index in [4.69, 9.17) is 5.48 Å². The molecule has 22 heavy (non-hydrogen) atoms. The average molecular weight is 497 g/mol. The van der Waals surface area contributed by atoms with Crippen LogP contribution in [0.5, 0.6) is 0 Å². The molecule has 1 nitrogen and oxygen atoms in total. The predicted octanol–water partition coefficient (Wildman–Crippen LogP) is 4.66. The molecular formula is C18H23FIrNSi-. The van der Waals surface area contributed by atoms with Crippen molar-refractivity contribution in [2.75, 3.05) is 0 Å². The molecule has 0 spiro atoms. The molecule has 1 aromatic heterocycles. The molecule has 0 aliphatic rings. The van der Waals surface area contributed by atoms with Crippen LogP contribution in [-0.4, -0.2) is 13.1 Å². The number of hydrogen-bond acceptors (Lipinski definition) is 1. The van der Waals surface area contributed by atoms with E-state index in [2.05, 4.69) is 30.7 Å². The van der Waals surface area contributed by atoms with E-state index >= 15 is 0 Å². The largest absolute Gasteiger partial charge is 0.305 e. The second-order valence-electron chi connectivity index (χ2n) is 6.48. The van der Waals surface area contributed by atoms with Gasteiger partial charge in [-0.2, -0.15) is 0 Å². The van der Waals surface area contributed by atoms with Crippen LogP contribution in [-0.2, 0) is 20.1 Å². The second kappa shape index (κ2) is 7.16. The van der Waals surface area contributed by atoms with Gasteiger partial charge in [-0.3, -0.25) is 4.39 Å². The van der Waals surface area contributed by atoms with Gasteiger partial charge in [0.1, 0.15) is 0 Å². The summed E-state index contributed by atoms with van der Waals surface area (Å²) >= 11 is 0. The molecule has 2 rings (SSSR count). The Hall–Kier alpha value is -0.834. The molecular weight excluding hydrogens is 470 g/mol. The molecule has 0 saturated heterocycles. The monoisotopic (exact) mass is 497 g/mol. The maximum absolute atomic E-state index is 14.5. The zero-order valence-corrected chi connectivity index (χ0v) is 16.9. The molecule has 0 N–H and O–H groups in total. The van der Waals surface area contributed by atoms with E-state index in [1.165, 1.54) is 6.07 Å². The van der Waals surface area contributed by atoms with Crippen molar-refractivity contribution in [1.82, 2.24) is 4.98 Å². The predicted molar refractivity (Wildman–Crippen MR) is 90.3 cm³/mol. The first-order valence-electron chi connectivity index (χ1n) is 8.94. The van der Waals surface area contributed by atoms with Gasteiger partial charge >= 0.3 is 0 Å². The van der Waals surface area contributed by atoms with Crippen molar-refractivity contribution in [3.8, 4) is 11.3 Å². The van der Waals surface area contributed by atoms with Crippen molar-refractivity contribution in [1.29, 1.82) is 0 Å². The van der Waals surface area contributed by atoms with Gasteiger partial charge in [0, 0.05) is 37.6 Å². The Morgan fingerprint density at radius 1 is 1.32 bits per heavy atom. The fourth-order valence-corrected chi connectivity index (χ4v) is 3.85. The van der Waals surface area contributed by atoms with Crippen LogP contribution < -0.4 is 5.19 Å². The van der Waals surface area contributed by atoms with E-state index in [-0.39, 0.29) is 31.2 Å². The fourth-order valence-electron chi connectivity index (χ4n) is 2.27. The van der Waals surface area contributed by atoms with Crippen LogP contribution in [0.25, 0.3) is 11.3 Å². The number of benzene rings is 1. The van der Waals surface area contributed by atoms with Gasteiger partial charge in [-0.1, -0.05) is 57.5 Å². The topological polar surface area (TPSA) is 12.9 Å². The molecule has 0 saturated carbocycles. The molecule has 1 radical (unpaired) electrons. The molecule has 121 valence electrons. The van der Waals surface area contributed by atoms with Crippen LogP contribution >= 0.6 is 0 Å². The molecule has 0 fully saturated rings. The summed E-state index contributed by atoms with van der Waals surface area (Å²) in [6.45, 7) is 7.75. The van der Waals surface area contributed by atoms with Crippen molar-refractivity contribution < 1.29 is 30.0 Å². The smallest absolute Gasteiger partial charge is 0.0799 e. The first-order chi connectivity index (χ1) is 11.2. The van der Waals surface area contributed by atoms with Crippen molar-refractivity contribution in [3.63, 3.8) is 0 Å². The normalized spacial score (nSPS) is 15.2. The maximum atomic E-state index is 14.5. The van der Waals surface area contributed by atoms with E-state index in [9.17, 15) is 4.39 Å². The molecule has 0 aliphatic carbocycles. The molecule has 0 unspecified atom stereocenters. The molecule has 0 amide bonds. The Kier molecular flexibility index (Phi) is 4.42. The fraction of sp³-hybridized carbons (Fsp3) is 0.389. The van der Waals surface area contributed by atoms with Crippen molar-refractivity contribution in [2.45, 2.75) is 46.2 Å². The van der Waals surface area contributed by atoms with Gasteiger partial charge in [0.25, 0.3) is 0 Å². The maximum Gasteiger partial charge on any atom is 0.0799 e. The standard InChI is InChI=1S/C18H23FNSi.Ir/c1-12(2)15-10-17(20-11-18(15)21(4,5)6)14-8-7-13(3)9-16(14)19;/h7,9-12H,1-6H3;/q-1;/i3D3,12D;. The summed E-state index contributed by atoms with van der Waals surface area (Å²) in [4.78, 5) is 4.38. The number of halogens is 1. The Morgan fingerprint density at radius 2 is 2.00 bits per heavy atom. The van der Waals surface area contributed by atoms with E-state index < -0.39 is 26.6 Å². The third-order valence-corrected chi connectivity index (χ3v) is 5.41. The molecule has 1 aromatic carbocycles. The van der Waals surface area contributed by atoms with Gasteiger partial charge in [0.05, 0.1) is 8.07 Å². The van der Waals surface area contributed by atoms with Crippen LogP contribution in [0, 0.1) is 18.7 Å². The van der Waals surface area contributed by atoms with Gasteiger partial charge in [0.15, 0.2) is 0 Å². The summed E-state index contributed by atoms with van der Waals surface area (Å²) in [5.41, 5.74) is 1.23. The summed E-state index contributed by atoms with van der Waals surface area (Å²) in [5, 5.41) is 1.07. The van der Waals surface area contributed by atoms with E-state index in [0.29, 0.717) is 5.69 Å². The van der Waals surface area contributed by atoms with Gasteiger partial charge in [-0.25, -0.2) is 0 Å². The first kappa shape index (κ1) is 13.6. The third kappa shape index (κ3) is 4.12. The Balaban J connectivity index is 0.00000338. The molecule has 4 heteroatoms. The number of rotatable bonds is 3. The molecule has 0 atom stereocenters. The Bertz CT molecular complexity index is 795. The number of aryl methyl sites for hydroxylation is 1.